The monoisotopic (exact) mass is 254 g/mol. The lowest BCUT2D eigenvalue weighted by Crippen LogP contribution is -2.49. The Kier molecular flexibility index (Phi) is 3.92. The van der Waals surface area contributed by atoms with Crippen LogP contribution in [0.1, 0.15) is 0 Å². The van der Waals surface area contributed by atoms with Crippen molar-refractivity contribution in [2.75, 3.05) is 38.0 Å². The fourth-order valence-electron chi connectivity index (χ4n) is 1.65. The minimum atomic E-state index is 0.0470. The molecule has 1 aromatic rings. The number of anilines is 1. The summed E-state index contributed by atoms with van der Waals surface area (Å²) in [6.07, 6.45) is 2.52. The van der Waals surface area contributed by atoms with Gasteiger partial charge in [0.15, 0.2) is 5.13 Å². The predicted molar refractivity (Wildman–Crippen MR) is 64.8 cm³/mol. The highest BCUT2D eigenvalue weighted by Gasteiger charge is 2.19. The number of rotatable bonds is 4. The largest absolute Gasteiger partial charge is 0.352 e. The molecule has 0 atom stereocenters. The number of carbonyl (C=O) groups is 2. The molecule has 6 nitrogen and oxygen atoms in total. The zero-order valence-corrected chi connectivity index (χ0v) is 10.2. The average Bonchev–Trinajstić information content (AvgIpc) is 2.89. The first-order chi connectivity index (χ1) is 8.29. The molecule has 1 aliphatic rings. The first-order valence-corrected chi connectivity index (χ1v) is 6.28. The van der Waals surface area contributed by atoms with Crippen LogP contribution in [-0.4, -0.2) is 59.8 Å². The van der Waals surface area contributed by atoms with Crippen LogP contribution in [0.3, 0.4) is 0 Å². The molecule has 1 fully saturated rings. The van der Waals surface area contributed by atoms with E-state index in [0.717, 1.165) is 11.5 Å². The smallest absolute Gasteiger partial charge is 0.242 e. The van der Waals surface area contributed by atoms with Crippen LogP contribution in [0.4, 0.5) is 5.13 Å². The second-order valence-electron chi connectivity index (χ2n) is 3.71. The maximum Gasteiger partial charge on any atom is 0.242 e. The number of hydrogen-bond donors (Lipinski definition) is 1. The van der Waals surface area contributed by atoms with Gasteiger partial charge in [-0.3, -0.25) is 9.59 Å². The molecule has 0 unspecified atom stereocenters. The van der Waals surface area contributed by atoms with Gasteiger partial charge in [0.1, 0.15) is 0 Å². The number of piperazine rings is 1. The van der Waals surface area contributed by atoms with Gasteiger partial charge in [-0.05, 0) is 0 Å². The highest BCUT2D eigenvalue weighted by atomic mass is 32.1. The summed E-state index contributed by atoms with van der Waals surface area (Å²) in [4.78, 5) is 29.8. The summed E-state index contributed by atoms with van der Waals surface area (Å²) in [5.41, 5.74) is 0. The van der Waals surface area contributed by atoms with Gasteiger partial charge in [0.2, 0.25) is 12.3 Å². The molecule has 2 rings (SSSR count). The SMILES string of the molecule is O=CN1CCN(C(=O)CNc2nccs2)CC1. The van der Waals surface area contributed by atoms with Gasteiger partial charge in [-0.15, -0.1) is 11.3 Å². The van der Waals surface area contributed by atoms with Crippen molar-refractivity contribution in [2.45, 2.75) is 0 Å². The van der Waals surface area contributed by atoms with Crippen LogP contribution in [0.25, 0.3) is 0 Å². The van der Waals surface area contributed by atoms with E-state index in [2.05, 4.69) is 10.3 Å². The Balaban J connectivity index is 1.75. The molecule has 92 valence electrons. The van der Waals surface area contributed by atoms with Crippen molar-refractivity contribution in [1.82, 2.24) is 14.8 Å². The van der Waals surface area contributed by atoms with E-state index in [1.165, 1.54) is 11.3 Å². The molecule has 0 aromatic carbocycles. The Morgan fingerprint density at radius 1 is 1.47 bits per heavy atom. The Hall–Kier alpha value is -1.63. The molecule has 17 heavy (non-hydrogen) atoms. The maximum absolute atomic E-state index is 11.8. The number of aromatic nitrogens is 1. The van der Waals surface area contributed by atoms with Crippen molar-refractivity contribution in [2.24, 2.45) is 0 Å². The Morgan fingerprint density at radius 2 is 2.24 bits per heavy atom. The second kappa shape index (κ2) is 5.62. The van der Waals surface area contributed by atoms with Gasteiger partial charge in [-0.2, -0.15) is 0 Å². The zero-order chi connectivity index (χ0) is 12.1. The Morgan fingerprint density at radius 3 is 2.82 bits per heavy atom. The van der Waals surface area contributed by atoms with Crippen molar-refractivity contribution in [1.29, 1.82) is 0 Å². The maximum atomic E-state index is 11.8. The van der Waals surface area contributed by atoms with Gasteiger partial charge in [0.05, 0.1) is 6.54 Å². The van der Waals surface area contributed by atoms with Gasteiger partial charge < -0.3 is 15.1 Å². The van der Waals surface area contributed by atoms with Crippen LogP contribution in [0, 0.1) is 0 Å². The lowest BCUT2D eigenvalue weighted by molar-refractivity contribution is -0.133. The van der Waals surface area contributed by atoms with E-state index in [1.54, 1.807) is 16.0 Å². The Bertz CT molecular complexity index is 374. The number of hydrogen-bond acceptors (Lipinski definition) is 5. The molecule has 2 amide bonds. The van der Waals surface area contributed by atoms with Crippen LogP contribution in [0.5, 0.6) is 0 Å². The first-order valence-electron chi connectivity index (χ1n) is 5.40. The highest BCUT2D eigenvalue weighted by molar-refractivity contribution is 7.13. The van der Waals surface area contributed by atoms with Crippen LogP contribution in [-0.2, 0) is 9.59 Å². The third kappa shape index (κ3) is 3.16. The lowest BCUT2D eigenvalue weighted by atomic mass is 10.3. The lowest BCUT2D eigenvalue weighted by Gasteiger charge is -2.32. The van der Waals surface area contributed by atoms with Crippen molar-refractivity contribution < 1.29 is 9.59 Å². The molecule has 7 heteroatoms. The van der Waals surface area contributed by atoms with Crippen LogP contribution in [0.15, 0.2) is 11.6 Å². The van der Waals surface area contributed by atoms with Crippen molar-refractivity contribution >= 4 is 28.8 Å². The average molecular weight is 254 g/mol. The molecule has 1 aliphatic heterocycles. The van der Waals surface area contributed by atoms with Gasteiger partial charge in [-0.25, -0.2) is 4.98 Å². The van der Waals surface area contributed by atoms with Gasteiger partial charge >= 0.3 is 0 Å². The van der Waals surface area contributed by atoms with E-state index >= 15 is 0 Å². The van der Waals surface area contributed by atoms with Crippen LogP contribution >= 0.6 is 11.3 Å². The molecule has 0 aliphatic carbocycles. The topological polar surface area (TPSA) is 65.5 Å². The molecule has 1 N–H and O–H groups in total. The van der Waals surface area contributed by atoms with Gasteiger partial charge in [-0.1, -0.05) is 0 Å². The summed E-state index contributed by atoms with van der Waals surface area (Å²) < 4.78 is 0. The molecule has 1 saturated heterocycles. The van der Waals surface area contributed by atoms with E-state index in [-0.39, 0.29) is 12.5 Å². The highest BCUT2D eigenvalue weighted by Crippen LogP contribution is 2.10. The molecule has 0 spiro atoms. The fourth-order valence-corrected chi connectivity index (χ4v) is 2.18. The van der Waals surface area contributed by atoms with E-state index in [1.807, 2.05) is 5.38 Å². The molecule has 0 radical (unpaired) electrons. The first kappa shape index (κ1) is 11.8. The van der Waals surface area contributed by atoms with Crippen molar-refractivity contribution in [3.8, 4) is 0 Å². The summed E-state index contributed by atoms with van der Waals surface area (Å²) in [6, 6.07) is 0. The molecule has 0 saturated carbocycles. The second-order valence-corrected chi connectivity index (χ2v) is 4.61. The quantitative estimate of drug-likeness (QED) is 0.759. The molecule has 0 bridgehead atoms. The number of amides is 2. The van der Waals surface area contributed by atoms with Crippen molar-refractivity contribution in [3.05, 3.63) is 11.6 Å². The summed E-state index contributed by atoms with van der Waals surface area (Å²) in [5, 5.41) is 5.59. The fraction of sp³-hybridized carbons (Fsp3) is 0.500. The van der Waals surface area contributed by atoms with Crippen LogP contribution in [0.2, 0.25) is 0 Å². The molecule has 1 aromatic heterocycles. The number of carbonyl (C=O) groups excluding carboxylic acids is 2. The van der Waals surface area contributed by atoms with Crippen LogP contribution < -0.4 is 5.32 Å². The standard InChI is InChI=1S/C10H14N4O2S/c15-8-13-2-4-14(5-3-13)9(16)7-12-10-11-1-6-17-10/h1,6,8H,2-5,7H2,(H,11,12). The van der Waals surface area contributed by atoms with Gasteiger partial charge in [0, 0.05) is 37.8 Å². The summed E-state index contributed by atoms with van der Waals surface area (Å²) in [5.74, 6) is 0.0470. The van der Waals surface area contributed by atoms with E-state index in [9.17, 15) is 9.59 Å². The number of nitrogens with one attached hydrogen (secondary N) is 1. The molecular weight excluding hydrogens is 240 g/mol. The van der Waals surface area contributed by atoms with E-state index < -0.39 is 0 Å². The minimum Gasteiger partial charge on any atom is -0.352 e. The third-order valence-electron chi connectivity index (χ3n) is 2.64. The molecule has 2 heterocycles. The predicted octanol–water partition coefficient (Wildman–Crippen LogP) is -0.144. The normalized spacial score (nSPS) is 15.8. The van der Waals surface area contributed by atoms with E-state index in [0.29, 0.717) is 26.2 Å². The van der Waals surface area contributed by atoms with Gasteiger partial charge in [0.25, 0.3) is 0 Å². The molecular formula is C10H14N4O2S. The Labute approximate surface area is 103 Å². The number of nitrogens with zero attached hydrogens (tertiary/aromatic N) is 3. The summed E-state index contributed by atoms with van der Waals surface area (Å²) in [6.45, 7) is 2.71. The van der Waals surface area contributed by atoms with E-state index in [4.69, 9.17) is 0 Å². The summed E-state index contributed by atoms with van der Waals surface area (Å²) >= 11 is 1.47. The minimum absolute atomic E-state index is 0.0470. The van der Waals surface area contributed by atoms with Crippen molar-refractivity contribution in [3.63, 3.8) is 0 Å². The third-order valence-corrected chi connectivity index (χ3v) is 3.37. The summed E-state index contributed by atoms with van der Waals surface area (Å²) in [7, 11) is 0. The number of thiazole rings is 1. The zero-order valence-electron chi connectivity index (χ0n) is 9.33.